The summed E-state index contributed by atoms with van der Waals surface area (Å²) in [5.74, 6) is -1.83. The number of ether oxygens (including phenoxy) is 1. The van der Waals surface area contributed by atoms with Gasteiger partial charge in [-0.25, -0.2) is 4.79 Å². The molecule has 3 aromatic rings. The van der Waals surface area contributed by atoms with Gasteiger partial charge in [-0.2, -0.15) is 4.98 Å². The second kappa shape index (κ2) is 9.28. The molecule has 2 heterocycles. The van der Waals surface area contributed by atoms with Gasteiger partial charge in [-0.05, 0) is 48.0 Å². The molecule has 0 spiro atoms. The number of benzene rings is 2. The predicted molar refractivity (Wildman–Crippen MR) is 124 cm³/mol. The van der Waals surface area contributed by atoms with Crippen molar-refractivity contribution in [2.24, 2.45) is 0 Å². The summed E-state index contributed by atoms with van der Waals surface area (Å²) < 4.78 is 6.74. The second-order valence-corrected chi connectivity index (χ2v) is 8.71. The number of aliphatic hydroxyl groups is 2. The highest BCUT2D eigenvalue weighted by Crippen LogP contribution is 2.41. The zero-order valence-corrected chi connectivity index (χ0v) is 19.0. The lowest BCUT2D eigenvalue weighted by Gasteiger charge is -2.27. The Hall–Kier alpha value is -3.08. The smallest absolute Gasteiger partial charge is 0.351 e. The van der Waals surface area contributed by atoms with Crippen LogP contribution < -0.4 is 11.4 Å². The van der Waals surface area contributed by atoms with Crippen molar-refractivity contribution < 1.29 is 24.5 Å². The summed E-state index contributed by atoms with van der Waals surface area (Å²) in [4.78, 5) is 42.6. The first-order valence-corrected chi connectivity index (χ1v) is 10.9. The van der Waals surface area contributed by atoms with E-state index in [0.29, 0.717) is 10.0 Å². The Morgan fingerprint density at radius 2 is 1.68 bits per heavy atom. The van der Waals surface area contributed by atoms with Gasteiger partial charge in [-0.3, -0.25) is 14.2 Å². The highest BCUT2D eigenvalue weighted by atomic mass is 35.5. The van der Waals surface area contributed by atoms with Gasteiger partial charge in [0.1, 0.15) is 18.1 Å². The number of ketones is 2. The minimum Gasteiger partial charge on any atom is -0.383 e. The molecule has 9 nitrogen and oxygen atoms in total. The Bertz CT molecular complexity index is 1300. The van der Waals surface area contributed by atoms with E-state index < -0.39 is 47.7 Å². The zero-order chi connectivity index (χ0) is 24.6. The van der Waals surface area contributed by atoms with Crippen LogP contribution in [-0.2, 0) is 9.53 Å². The average Bonchev–Trinajstić information content (AvgIpc) is 3.17. The summed E-state index contributed by atoms with van der Waals surface area (Å²) >= 11 is 11.8. The van der Waals surface area contributed by atoms with E-state index in [-0.39, 0.29) is 16.9 Å². The van der Waals surface area contributed by atoms with Crippen LogP contribution >= 0.6 is 23.2 Å². The molecule has 2 aromatic carbocycles. The number of nitrogen functional groups attached to an aromatic ring is 1. The first-order chi connectivity index (χ1) is 16.1. The highest BCUT2D eigenvalue weighted by Gasteiger charge is 2.57. The van der Waals surface area contributed by atoms with Gasteiger partial charge in [0.2, 0.25) is 0 Å². The van der Waals surface area contributed by atoms with E-state index in [2.05, 4.69) is 4.98 Å². The Morgan fingerprint density at radius 3 is 2.26 bits per heavy atom. The number of aliphatic hydroxyl groups excluding tert-OH is 1. The SMILES string of the molecule is Nc1ccn([C@H]2C[C@@](O)(C(=O)c3ccc(Cl)cc3)[C@@H](C(=O)C(O)c3ccc(Cl)cc3)O2)c(=O)n1. The van der Waals surface area contributed by atoms with Gasteiger partial charge in [0.05, 0.1) is 0 Å². The third-order valence-electron chi connectivity index (χ3n) is 5.59. The van der Waals surface area contributed by atoms with Gasteiger partial charge in [-0.15, -0.1) is 0 Å². The lowest BCUT2D eigenvalue weighted by Crippen LogP contribution is -2.51. The van der Waals surface area contributed by atoms with Crippen molar-refractivity contribution in [3.8, 4) is 0 Å². The molecule has 1 fully saturated rings. The van der Waals surface area contributed by atoms with Crippen LogP contribution in [0.5, 0.6) is 0 Å². The first-order valence-electron chi connectivity index (χ1n) is 10.1. The van der Waals surface area contributed by atoms with Gasteiger partial charge < -0.3 is 20.7 Å². The fourth-order valence-corrected chi connectivity index (χ4v) is 4.07. The van der Waals surface area contributed by atoms with E-state index >= 15 is 0 Å². The van der Waals surface area contributed by atoms with Crippen molar-refractivity contribution in [2.75, 3.05) is 5.73 Å². The summed E-state index contributed by atoms with van der Waals surface area (Å²) in [6.07, 6.45) is -3.93. The third-order valence-corrected chi connectivity index (χ3v) is 6.09. The van der Waals surface area contributed by atoms with Crippen LogP contribution in [0.4, 0.5) is 5.82 Å². The van der Waals surface area contributed by atoms with Crippen molar-refractivity contribution in [3.05, 3.63) is 92.5 Å². The number of carbonyl (C=O) groups is 2. The summed E-state index contributed by atoms with van der Waals surface area (Å²) in [7, 11) is 0. The minimum absolute atomic E-state index is 0.0301. The van der Waals surface area contributed by atoms with E-state index in [0.717, 1.165) is 4.57 Å². The van der Waals surface area contributed by atoms with Crippen molar-refractivity contribution in [2.45, 2.75) is 30.5 Å². The number of aromatic nitrogens is 2. The normalized spacial score (nSPS) is 22.9. The van der Waals surface area contributed by atoms with Crippen LogP contribution in [0.25, 0.3) is 0 Å². The molecule has 0 radical (unpaired) electrons. The number of halogens is 2. The average molecular weight is 504 g/mol. The zero-order valence-electron chi connectivity index (χ0n) is 17.5. The Balaban J connectivity index is 1.74. The molecule has 11 heteroatoms. The molecule has 1 aliphatic rings. The maximum absolute atomic E-state index is 13.4. The molecular weight excluding hydrogens is 485 g/mol. The lowest BCUT2D eigenvalue weighted by atomic mass is 9.82. The van der Waals surface area contributed by atoms with Gasteiger partial charge >= 0.3 is 5.69 Å². The molecule has 0 aliphatic carbocycles. The van der Waals surface area contributed by atoms with Crippen molar-refractivity contribution in [1.29, 1.82) is 0 Å². The number of carbonyl (C=O) groups excluding carboxylic acids is 2. The molecule has 0 saturated carbocycles. The standard InChI is InChI=1S/C23H19Cl2N3O6/c24-14-5-1-12(2-6-14)18(29)19(30)21-23(33,20(31)13-3-7-15(25)8-4-13)11-17(34-21)28-10-9-16(26)27-22(28)32/h1-10,17-18,21,29,33H,11H2,(H2,26,27,32)/t17-,18?,21-,23-/m1/s1. The van der Waals surface area contributed by atoms with E-state index in [1.54, 1.807) is 0 Å². The molecule has 34 heavy (non-hydrogen) atoms. The Labute approximate surface area is 203 Å². The molecule has 0 amide bonds. The molecule has 4 rings (SSSR count). The second-order valence-electron chi connectivity index (χ2n) is 7.83. The van der Waals surface area contributed by atoms with E-state index in [1.807, 2.05) is 0 Å². The maximum Gasteiger partial charge on any atom is 0.351 e. The van der Waals surface area contributed by atoms with Crippen molar-refractivity contribution >= 4 is 40.6 Å². The Morgan fingerprint density at radius 1 is 1.09 bits per heavy atom. The van der Waals surface area contributed by atoms with Gasteiger partial charge in [0, 0.05) is 28.2 Å². The molecule has 1 unspecified atom stereocenters. The largest absolute Gasteiger partial charge is 0.383 e. The molecule has 1 aromatic heterocycles. The molecule has 4 N–H and O–H groups in total. The van der Waals surface area contributed by atoms with E-state index in [4.69, 9.17) is 33.7 Å². The number of nitrogens with two attached hydrogens (primary N) is 1. The number of nitrogens with zero attached hydrogens (tertiary/aromatic N) is 2. The molecule has 1 saturated heterocycles. The number of hydrogen-bond acceptors (Lipinski definition) is 8. The number of anilines is 1. The van der Waals surface area contributed by atoms with E-state index in [1.165, 1.54) is 60.8 Å². The van der Waals surface area contributed by atoms with Crippen LogP contribution in [0.15, 0.2) is 65.6 Å². The fraction of sp³-hybridized carbons (Fsp3) is 0.217. The first kappa shape index (κ1) is 24.1. The van der Waals surface area contributed by atoms with Crippen LogP contribution in [0.1, 0.15) is 34.7 Å². The number of rotatable bonds is 6. The fourth-order valence-electron chi connectivity index (χ4n) is 3.82. The minimum atomic E-state index is -2.40. The summed E-state index contributed by atoms with van der Waals surface area (Å²) in [6.45, 7) is 0. The number of Topliss-reactive ketones (excluding diaryl/α,β-unsaturated/α-hetero) is 2. The van der Waals surface area contributed by atoms with Gasteiger partial charge in [-0.1, -0.05) is 35.3 Å². The van der Waals surface area contributed by atoms with Crippen LogP contribution in [-0.4, -0.2) is 43.0 Å². The van der Waals surface area contributed by atoms with E-state index in [9.17, 15) is 24.6 Å². The Kier molecular flexibility index (Phi) is 6.57. The van der Waals surface area contributed by atoms with Crippen molar-refractivity contribution in [1.82, 2.24) is 9.55 Å². The van der Waals surface area contributed by atoms with Crippen LogP contribution in [0.3, 0.4) is 0 Å². The summed E-state index contributed by atoms with van der Waals surface area (Å²) in [5, 5.41) is 23.0. The van der Waals surface area contributed by atoms with Gasteiger partial charge in [0.25, 0.3) is 0 Å². The monoisotopic (exact) mass is 503 g/mol. The molecule has 0 bridgehead atoms. The summed E-state index contributed by atoms with van der Waals surface area (Å²) in [5.41, 5.74) is 2.59. The van der Waals surface area contributed by atoms with Gasteiger partial charge in [0.15, 0.2) is 23.3 Å². The molecular formula is C23H19Cl2N3O6. The predicted octanol–water partition coefficient (Wildman–Crippen LogP) is 2.34. The number of hydrogen-bond donors (Lipinski definition) is 3. The topological polar surface area (TPSA) is 145 Å². The molecule has 4 atom stereocenters. The maximum atomic E-state index is 13.4. The summed E-state index contributed by atoms with van der Waals surface area (Å²) in [6, 6.07) is 12.9. The van der Waals surface area contributed by atoms with Crippen molar-refractivity contribution in [3.63, 3.8) is 0 Å². The lowest BCUT2D eigenvalue weighted by molar-refractivity contribution is -0.147. The molecule has 176 valence electrons. The molecule has 1 aliphatic heterocycles. The highest BCUT2D eigenvalue weighted by molar-refractivity contribution is 6.31. The quantitative estimate of drug-likeness (QED) is 0.434. The third kappa shape index (κ3) is 4.48. The van der Waals surface area contributed by atoms with Crippen LogP contribution in [0, 0.1) is 0 Å². The van der Waals surface area contributed by atoms with Crippen LogP contribution in [0.2, 0.25) is 10.0 Å².